The molecule has 0 aliphatic carbocycles. The monoisotopic (exact) mass is 419 g/mol. The Labute approximate surface area is 147 Å². The van der Waals surface area contributed by atoms with Crippen molar-refractivity contribution in [1.82, 2.24) is 14.4 Å². The molecule has 24 heavy (non-hydrogen) atoms. The molecule has 0 spiro atoms. The van der Waals surface area contributed by atoms with Gasteiger partial charge in [-0.25, -0.2) is 14.8 Å². The fraction of sp³-hybridized carbons (Fsp3) is 0.500. The summed E-state index contributed by atoms with van der Waals surface area (Å²) < 4.78 is 25.4. The lowest BCUT2D eigenvalue weighted by molar-refractivity contribution is 0.0690. The molecule has 0 atom stereocenters. The van der Waals surface area contributed by atoms with Crippen molar-refractivity contribution in [2.75, 3.05) is 13.2 Å². The molecule has 10 heteroatoms. The molecule has 0 amide bonds. The molecule has 0 aliphatic heterocycles. The first-order chi connectivity index (χ1) is 11.3. The fourth-order valence-corrected chi connectivity index (χ4v) is 4.66. The molecular weight excluding hydrogens is 401 g/mol. The highest BCUT2D eigenvalue weighted by atomic mass is 79.9. The van der Waals surface area contributed by atoms with E-state index in [9.17, 15) is 14.5 Å². The predicted octanol–water partition coefficient (Wildman–Crippen LogP) is 3.52. The minimum Gasteiger partial charge on any atom is -0.476 e. The zero-order valence-electron chi connectivity index (χ0n) is 13.7. The van der Waals surface area contributed by atoms with E-state index in [1.807, 2.05) is 6.92 Å². The molecule has 0 aliphatic rings. The number of nitrogens with zero attached hydrogens (tertiary/aromatic N) is 3. The molecule has 132 valence electrons. The largest absolute Gasteiger partial charge is 0.476 e. The quantitative estimate of drug-likeness (QED) is 0.652. The van der Waals surface area contributed by atoms with Crippen molar-refractivity contribution in [1.29, 1.82) is 0 Å². The highest BCUT2D eigenvalue weighted by molar-refractivity contribution is 9.10. The Hall–Kier alpha value is -1.28. The van der Waals surface area contributed by atoms with Gasteiger partial charge in [0.05, 0.1) is 35.2 Å². The average molecular weight is 420 g/mol. The van der Waals surface area contributed by atoms with Gasteiger partial charge in [0, 0.05) is 6.20 Å². The van der Waals surface area contributed by atoms with Crippen molar-refractivity contribution in [2.24, 2.45) is 0 Å². The van der Waals surface area contributed by atoms with Gasteiger partial charge >= 0.3 is 13.6 Å². The Morgan fingerprint density at radius 1 is 1.29 bits per heavy atom. The molecule has 0 saturated heterocycles. The molecule has 2 heterocycles. The second-order valence-corrected chi connectivity index (χ2v) is 7.78. The van der Waals surface area contributed by atoms with Gasteiger partial charge in [-0.1, -0.05) is 6.92 Å². The molecule has 0 saturated carbocycles. The molecule has 0 aromatic carbocycles. The number of carboxylic acids is 1. The van der Waals surface area contributed by atoms with Gasteiger partial charge in [0.1, 0.15) is 0 Å². The normalized spacial score (nSPS) is 12.0. The first-order valence-electron chi connectivity index (χ1n) is 7.52. The summed E-state index contributed by atoms with van der Waals surface area (Å²) in [7, 11) is -3.32. The van der Waals surface area contributed by atoms with Gasteiger partial charge in [0.15, 0.2) is 5.69 Å². The molecular formula is C14H19BrN3O5P. The van der Waals surface area contributed by atoms with Crippen LogP contribution >= 0.6 is 23.5 Å². The number of halogens is 1. The van der Waals surface area contributed by atoms with Crippen LogP contribution in [0.2, 0.25) is 0 Å². The van der Waals surface area contributed by atoms with Crippen molar-refractivity contribution in [2.45, 2.75) is 33.4 Å². The van der Waals surface area contributed by atoms with Crippen LogP contribution in [-0.2, 0) is 26.2 Å². The molecule has 2 rings (SSSR count). The second kappa shape index (κ2) is 7.74. The summed E-state index contributed by atoms with van der Waals surface area (Å²) in [6.07, 6.45) is 2.15. The van der Waals surface area contributed by atoms with Crippen LogP contribution in [0, 0.1) is 0 Å². The molecule has 1 N–H and O–H groups in total. The van der Waals surface area contributed by atoms with Crippen molar-refractivity contribution in [3.8, 4) is 0 Å². The number of imidazole rings is 1. The third kappa shape index (κ3) is 3.85. The van der Waals surface area contributed by atoms with Crippen LogP contribution < -0.4 is 0 Å². The summed E-state index contributed by atoms with van der Waals surface area (Å²) in [5, 5.41) is 9.26. The number of rotatable bonds is 8. The Morgan fingerprint density at radius 2 is 1.92 bits per heavy atom. The molecule has 8 nitrogen and oxygen atoms in total. The Kier molecular flexibility index (Phi) is 6.14. The number of carbonyl (C=O) groups is 1. The minimum atomic E-state index is -3.32. The highest BCUT2D eigenvalue weighted by Gasteiger charge is 2.27. The minimum absolute atomic E-state index is 0.0253. The predicted molar refractivity (Wildman–Crippen MR) is 91.6 cm³/mol. The molecule has 0 fully saturated rings. The SMILES string of the molecule is CCOP(=O)(Cc1nc2nc(C(=O)O)c(CC)n2cc1Br)OCC. The van der Waals surface area contributed by atoms with Crippen LogP contribution in [-0.4, -0.2) is 38.7 Å². The van der Waals surface area contributed by atoms with Crippen molar-refractivity contribution in [3.05, 3.63) is 27.8 Å². The first-order valence-corrected chi connectivity index (χ1v) is 10.0. The van der Waals surface area contributed by atoms with Gasteiger partial charge in [-0.05, 0) is 36.2 Å². The van der Waals surface area contributed by atoms with E-state index in [4.69, 9.17) is 9.05 Å². The van der Waals surface area contributed by atoms with Crippen LogP contribution in [0.3, 0.4) is 0 Å². The van der Waals surface area contributed by atoms with Crippen LogP contribution in [0.1, 0.15) is 42.6 Å². The Bertz CT molecular complexity index is 797. The molecule has 2 aromatic heterocycles. The number of carboxylic acid groups (broad SMARTS) is 1. The van der Waals surface area contributed by atoms with Crippen molar-refractivity contribution >= 4 is 35.3 Å². The van der Waals surface area contributed by atoms with Crippen molar-refractivity contribution in [3.63, 3.8) is 0 Å². The second-order valence-electron chi connectivity index (χ2n) is 4.88. The fourth-order valence-electron chi connectivity index (χ4n) is 2.35. The van der Waals surface area contributed by atoms with Gasteiger partial charge in [0.25, 0.3) is 0 Å². The zero-order valence-corrected chi connectivity index (χ0v) is 16.1. The Balaban J connectivity index is 2.51. The summed E-state index contributed by atoms with van der Waals surface area (Å²) in [5.41, 5.74) is 0.958. The van der Waals surface area contributed by atoms with E-state index in [1.54, 1.807) is 24.4 Å². The maximum atomic E-state index is 12.7. The summed E-state index contributed by atoms with van der Waals surface area (Å²) in [4.78, 5) is 19.7. The number of aromatic nitrogens is 3. The molecule has 0 bridgehead atoms. The maximum Gasteiger partial charge on any atom is 0.356 e. The number of hydrogen-bond acceptors (Lipinski definition) is 6. The van der Waals surface area contributed by atoms with E-state index < -0.39 is 13.6 Å². The molecule has 0 unspecified atom stereocenters. The van der Waals surface area contributed by atoms with Crippen molar-refractivity contribution < 1.29 is 23.5 Å². The van der Waals surface area contributed by atoms with Crippen LogP contribution in [0.4, 0.5) is 0 Å². The van der Waals surface area contributed by atoms with Gasteiger partial charge in [0.2, 0.25) is 5.78 Å². The van der Waals surface area contributed by atoms with Crippen LogP contribution in [0.5, 0.6) is 0 Å². The van der Waals surface area contributed by atoms with E-state index in [-0.39, 0.29) is 30.8 Å². The standard InChI is InChI=1S/C14H19BrN3O5P/c1-4-11-12(13(19)20)17-14-16-10(9(15)7-18(11)14)8-24(21,22-5-2)23-6-3/h7H,4-6,8H2,1-3H3,(H,19,20). The Morgan fingerprint density at radius 3 is 2.42 bits per heavy atom. The highest BCUT2D eigenvalue weighted by Crippen LogP contribution is 2.51. The molecule has 0 radical (unpaired) electrons. The lowest BCUT2D eigenvalue weighted by atomic mass is 10.2. The van der Waals surface area contributed by atoms with E-state index in [1.165, 1.54) is 0 Å². The van der Waals surface area contributed by atoms with E-state index in [0.717, 1.165) is 0 Å². The number of fused-ring (bicyclic) bond motifs is 1. The summed E-state index contributed by atoms with van der Waals surface area (Å²) in [5.74, 6) is -0.869. The van der Waals surface area contributed by atoms with E-state index >= 15 is 0 Å². The third-order valence-electron chi connectivity index (χ3n) is 3.28. The lowest BCUT2D eigenvalue weighted by Gasteiger charge is -2.17. The number of hydrogen-bond donors (Lipinski definition) is 1. The number of aromatic carboxylic acids is 1. The van der Waals surface area contributed by atoms with Gasteiger partial charge in [-0.2, -0.15) is 0 Å². The maximum absolute atomic E-state index is 12.7. The number of aryl methyl sites for hydroxylation is 1. The van der Waals surface area contributed by atoms with Gasteiger partial charge in [-0.3, -0.25) is 8.97 Å². The van der Waals surface area contributed by atoms with Gasteiger partial charge < -0.3 is 14.2 Å². The van der Waals surface area contributed by atoms with E-state index in [0.29, 0.717) is 22.3 Å². The van der Waals surface area contributed by atoms with E-state index in [2.05, 4.69) is 25.9 Å². The summed E-state index contributed by atoms with van der Waals surface area (Å²) in [6.45, 7) is 5.82. The topological polar surface area (TPSA) is 103 Å². The first kappa shape index (κ1) is 19.1. The smallest absolute Gasteiger partial charge is 0.356 e. The van der Waals surface area contributed by atoms with Crippen LogP contribution in [0.25, 0.3) is 5.78 Å². The molecule has 2 aromatic rings. The summed E-state index contributed by atoms with van der Waals surface area (Å²) in [6, 6.07) is 0. The van der Waals surface area contributed by atoms with Crippen LogP contribution in [0.15, 0.2) is 10.7 Å². The third-order valence-corrected chi connectivity index (χ3v) is 5.93. The zero-order chi connectivity index (χ0) is 17.9. The lowest BCUT2D eigenvalue weighted by Crippen LogP contribution is -2.04. The summed E-state index contributed by atoms with van der Waals surface area (Å²) >= 11 is 3.39. The van der Waals surface area contributed by atoms with Gasteiger partial charge in [-0.15, -0.1) is 0 Å². The average Bonchev–Trinajstić information content (AvgIpc) is 2.85.